The summed E-state index contributed by atoms with van der Waals surface area (Å²) in [5.74, 6) is -9.77. The number of nitrogens with two attached hydrogens (primary N) is 3. The van der Waals surface area contributed by atoms with Gasteiger partial charge in [-0.05, 0) is 70.8 Å². The van der Waals surface area contributed by atoms with Gasteiger partial charge in [0.2, 0.25) is 53.2 Å². The van der Waals surface area contributed by atoms with Gasteiger partial charge in [0.15, 0.2) is 0 Å². The van der Waals surface area contributed by atoms with Gasteiger partial charge in [0.05, 0.1) is 18.8 Å². The molecule has 0 radical (unpaired) electrons. The summed E-state index contributed by atoms with van der Waals surface area (Å²) in [5.41, 5.74) is 17.1. The molecular weight excluding hydrogens is 907 g/mol. The Morgan fingerprint density at radius 3 is 1.85 bits per heavy atom. The molecule has 3 aliphatic rings. The van der Waals surface area contributed by atoms with Gasteiger partial charge in [-0.15, -0.1) is 0 Å². The highest BCUT2D eigenvalue weighted by molar-refractivity contribution is 8.76. The molecule has 15 N–H and O–H groups in total. The van der Waals surface area contributed by atoms with E-state index in [1.165, 1.54) is 16.7 Å². The van der Waals surface area contributed by atoms with E-state index in [4.69, 9.17) is 17.2 Å². The number of hydrogen-bond acceptors (Lipinski definition) is 16. The van der Waals surface area contributed by atoms with Gasteiger partial charge in [0.25, 0.3) is 0 Å². The molecule has 3 rings (SSSR count). The molecule has 0 spiro atoms. The first-order valence-electron chi connectivity index (χ1n) is 22.2. The number of carbonyl (C=O) groups excluding carboxylic acids is 9. The maximum Gasteiger partial charge on any atom is 0.327 e. The van der Waals surface area contributed by atoms with Gasteiger partial charge in [-0.1, -0.05) is 41.9 Å². The molecule has 3 saturated heterocycles. The van der Waals surface area contributed by atoms with E-state index in [9.17, 15) is 63.3 Å². The number of aliphatic hydroxyl groups is 2. The fourth-order valence-corrected chi connectivity index (χ4v) is 9.91. The zero-order chi connectivity index (χ0) is 49.2. The van der Waals surface area contributed by atoms with Crippen LogP contribution in [-0.2, 0) is 47.9 Å². The van der Waals surface area contributed by atoms with E-state index in [1.807, 2.05) is 0 Å². The third-order valence-electron chi connectivity index (χ3n) is 11.7. The van der Waals surface area contributed by atoms with Crippen molar-refractivity contribution >= 4 is 80.7 Å². The zero-order valence-corrected chi connectivity index (χ0v) is 39.2. The van der Waals surface area contributed by atoms with Crippen LogP contribution in [0.3, 0.4) is 0 Å². The van der Waals surface area contributed by atoms with Crippen molar-refractivity contribution in [2.45, 2.75) is 145 Å². The summed E-state index contributed by atoms with van der Waals surface area (Å²) in [5, 5.41) is 45.7. The van der Waals surface area contributed by atoms with Crippen LogP contribution in [0.2, 0.25) is 0 Å². The van der Waals surface area contributed by atoms with Crippen LogP contribution in [-0.4, -0.2) is 182 Å². The summed E-state index contributed by atoms with van der Waals surface area (Å²) >= 11 is 0. The predicted molar refractivity (Wildman–Crippen MR) is 241 cm³/mol. The molecule has 372 valence electrons. The fourth-order valence-electron chi connectivity index (χ4n) is 7.64. The molecule has 0 aromatic heterocycles. The molecular formula is C40H67N11O13S2. The molecule has 9 amide bonds. The first-order chi connectivity index (χ1) is 31.2. The number of nitrogens with one attached hydrogen (secondary N) is 6. The standard InChI is InChI=1S/C40H67N11O13S2/c1-4-20(2)30-39(62)51-16-8-11-28(51)38(61)50-15-7-10-27(50)36(59)44-24(12-13-29(43)54)34(57)47-26(40(63)64)19-66-65-18-22(42)32(55)49-31(21(3)53)37(60)45-23(9-5-6-14-41)33(56)46-25(17-52)35(58)48-30/h20-28,30-31,52-53H,4-19,41-42H2,1-3H3,(H2,43,54)(H,44,59)(H,45,60)(H,46,56)(H,47,57)(H,48,58)(H,49,55)(H,63,64)/t20-,21+,22-,23-,24+,25+,26-,27-,28-,30-,31-/m0/s1. The second-order valence-electron chi connectivity index (χ2n) is 16.7. The van der Waals surface area contributed by atoms with Crippen molar-refractivity contribution in [3.63, 3.8) is 0 Å². The first-order valence-corrected chi connectivity index (χ1v) is 24.7. The van der Waals surface area contributed by atoms with E-state index in [-0.39, 0.29) is 63.2 Å². The van der Waals surface area contributed by atoms with Crippen molar-refractivity contribution in [3.8, 4) is 0 Å². The molecule has 0 aliphatic carbocycles. The number of nitrogens with zero attached hydrogens (tertiary/aromatic N) is 2. The SMILES string of the molecule is CC[C@H](C)[C@@H]1NC(=O)[C@@H](CO)NC(=O)[C@H](CCCCN)NC(=O)[C@H]([C@@H](C)O)NC(=O)[C@@H](N)CSSC[C@@H](C(=O)O)NC(=O)[C@@H](CCC(N)=O)NC(=O)[C@@H]2CCCN2C(=O)[C@@H]2CCCN2C1=O. The third kappa shape index (κ3) is 16.0. The van der Waals surface area contributed by atoms with E-state index in [0.717, 1.165) is 21.6 Å². The van der Waals surface area contributed by atoms with E-state index in [0.29, 0.717) is 32.1 Å². The number of fused-ring (bicyclic) bond motifs is 2. The summed E-state index contributed by atoms with van der Waals surface area (Å²) < 4.78 is 0. The molecule has 0 aromatic rings. The molecule has 3 heterocycles. The Hall–Kier alpha value is -4.76. The highest BCUT2D eigenvalue weighted by Crippen LogP contribution is 2.27. The highest BCUT2D eigenvalue weighted by Gasteiger charge is 2.45. The number of rotatable bonds is 12. The molecule has 0 unspecified atom stereocenters. The Bertz CT molecular complexity index is 1760. The van der Waals surface area contributed by atoms with E-state index in [1.54, 1.807) is 13.8 Å². The molecule has 0 bridgehead atoms. The lowest BCUT2D eigenvalue weighted by molar-refractivity contribution is -0.149. The Labute approximate surface area is 390 Å². The van der Waals surface area contributed by atoms with Gasteiger partial charge in [-0.2, -0.15) is 0 Å². The van der Waals surface area contributed by atoms with Crippen LogP contribution < -0.4 is 49.1 Å². The van der Waals surface area contributed by atoms with Crippen molar-refractivity contribution in [1.29, 1.82) is 0 Å². The van der Waals surface area contributed by atoms with Crippen molar-refractivity contribution in [2.24, 2.45) is 23.1 Å². The van der Waals surface area contributed by atoms with Crippen LogP contribution in [0.1, 0.15) is 85.0 Å². The molecule has 66 heavy (non-hydrogen) atoms. The Kier molecular flexibility index (Phi) is 22.9. The van der Waals surface area contributed by atoms with Crippen LogP contribution in [0.4, 0.5) is 0 Å². The number of carboxylic acid groups (broad SMARTS) is 1. The number of carboxylic acids is 1. The van der Waals surface area contributed by atoms with Crippen LogP contribution in [0, 0.1) is 5.92 Å². The summed E-state index contributed by atoms with van der Waals surface area (Å²) in [6.45, 7) is 4.27. The van der Waals surface area contributed by atoms with Crippen LogP contribution in [0.5, 0.6) is 0 Å². The molecule has 0 saturated carbocycles. The Morgan fingerprint density at radius 2 is 1.26 bits per heavy atom. The minimum Gasteiger partial charge on any atom is -0.480 e. The van der Waals surface area contributed by atoms with Crippen molar-refractivity contribution in [1.82, 2.24) is 41.7 Å². The van der Waals surface area contributed by atoms with Crippen molar-refractivity contribution < 1.29 is 63.3 Å². The van der Waals surface area contributed by atoms with Gasteiger partial charge in [-0.25, -0.2) is 4.79 Å². The van der Waals surface area contributed by atoms with E-state index >= 15 is 0 Å². The maximum atomic E-state index is 14.4. The lowest BCUT2D eigenvalue weighted by Gasteiger charge is -2.35. The second-order valence-corrected chi connectivity index (χ2v) is 19.3. The average Bonchev–Trinajstić information content (AvgIpc) is 3.98. The number of hydrogen-bond donors (Lipinski definition) is 12. The monoisotopic (exact) mass is 973 g/mol. The van der Waals surface area contributed by atoms with E-state index in [2.05, 4.69) is 31.9 Å². The van der Waals surface area contributed by atoms with Gasteiger partial charge in [-0.3, -0.25) is 43.2 Å². The summed E-state index contributed by atoms with van der Waals surface area (Å²) in [6, 6.07) is -12.3. The van der Waals surface area contributed by atoms with Gasteiger partial charge in [0.1, 0.15) is 48.3 Å². The minimum absolute atomic E-state index is 0.00783. The maximum absolute atomic E-state index is 14.4. The van der Waals surface area contributed by atoms with Gasteiger partial charge < -0.3 is 74.2 Å². The Morgan fingerprint density at radius 1 is 0.712 bits per heavy atom. The fraction of sp³-hybridized carbons (Fsp3) is 0.750. The number of aliphatic carboxylic acids is 1. The molecule has 26 heteroatoms. The summed E-state index contributed by atoms with van der Waals surface area (Å²) in [4.78, 5) is 137. The normalized spacial score (nSPS) is 29.6. The molecule has 3 aliphatic heterocycles. The average molecular weight is 974 g/mol. The van der Waals surface area contributed by atoms with E-state index < -0.39 is 132 Å². The van der Waals surface area contributed by atoms with Crippen LogP contribution >= 0.6 is 21.6 Å². The molecule has 0 aromatic carbocycles. The first kappa shape index (κ1) is 55.6. The van der Waals surface area contributed by atoms with Crippen molar-refractivity contribution in [3.05, 3.63) is 0 Å². The lowest BCUT2D eigenvalue weighted by atomic mass is 9.96. The number of carbonyl (C=O) groups is 10. The minimum atomic E-state index is -1.63. The largest absolute Gasteiger partial charge is 0.480 e. The smallest absolute Gasteiger partial charge is 0.327 e. The number of primary amides is 1. The number of aliphatic hydroxyl groups excluding tert-OH is 2. The number of amides is 9. The third-order valence-corrected chi connectivity index (χ3v) is 14.2. The molecule has 3 fully saturated rings. The van der Waals surface area contributed by atoms with Gasteiger partial charge >= 0.3 is 5.97 Å². The van der Waals surface area contributed by atoms with Crippen molar-refractivity contribution in [2.75, 3.05) is 37.7 Å². The van der Waals surface area contributed by atoms with Gasteiger partial charge in [0, 0.05) is 31.0 Å². The second kappa shape index (κ2) is 27.2. The Balaban J connectivity index is 2.03. The summed E-state index contributed by atoms with van der Waals surface area (Å²) in [7, 11) is 1.89. The highest BCUT2D eigenvalue weighted by atomic mass is 33.1. The number of unbranched alkanes of at least 4 members (excludes halogenated alkanes) is 1. The molecule has 24 nitrogen and oxygen atoms in total. The zero-order valence-electron chi connectivity index (χ0n) is 37.5. The summed E-state index contributed by atoms with van der Waals surface area (Å²) in [6.07, 6.45) is 0.165. The van der Waals surface area contributed by atoms with Crippen LogP contribution in [0.15, 0.2) is 0 Å². The predicted octanol–water partition coefficient (Wildman–Crippen LogP) is -4.50. The quantitative estimate of drug-likeness (QED) is 0.0648. The lowest BCUT2D eigenvalue weighted by Crippen LogP contribution is -2.62. The van der Waals surface area contributed by atoms with Crippen LogP contribution in [0.25, 0.3) is 0 Å². The molecule has 11 atom stereocenters. The topological polar surface area (TPSA) is 388 Å².